The Morgan fingerprint density at radius 1 is 1.24 bits per heavy atom. The van der Waals surface area contributed by atoms with E-state index >= 15 is 0 Å². The van der Waals surface area contributed by atoms with E-state index in [1.54, 1.807) is 0 Å². The first kappa shape index (κ1) is 14.9. The van der Waals surface area contributed by atoms with E-state index in [0.29, 0.717) is 13.2 Å². The van der Waals surface area contributed by atoms with Gasteiger partial charge in [-0.25, -0.2) is 0 Å². The smallest absolute Gasteiger partial charge is 0.163 e. The summed E-state index contributed by atoms with van der Waals surface area (Å²) in [5, 5.41) is 10.1. The molecule has 0 amide bonds. The van der Waals surface area contributed by atoms with Gasteiger partial charge in [0.05, 0.1) is 19.8 Å². The van der Waals surface area contributed by atoms with Crippen LogP contribution in [-0.2, 0) is 25.6 Å². The highest BCUT2D eigenvalue weighted by atomic mass is 16.8. The van der Waals surface area contributed by atoms with E-state index < -0.39 is 18.0 Å². The van der Waals surface area contributed by atoms with E-state index in [1.807, 2.05) is 44.2 Å². The summed E-state index contributed by atoms with van der Waals surface area (Å²) in [4.78, 5) is 0. The zero-order chi connectivity index (χ0) is 14.9. The van der Waals surface area contributed by atoms with Crippen molar-refractivity contribution in [3.8, 4) is 0 Å². The molecule has 116 valence electrons. The molecule has 1 N–H and O–H groups in total. The fourth-order valence-electron chi connectivity index (χ4n) is 2.79. The Bertz CT molecular complexity index is 461. The van der Waals surface area contributed by atoms with Gasteiger partial charge in [-0.2, -0.15) is 0 Å². The Morgan fingerprint density at radius 3 is 2.67 bits per heavy atom. The zero-order valence-electron chi connectivity index (χ0n) is 12.4. The second kappa shape index (κ2) is 6.02. The lowest BCUT2D eigenvalue weighted by molar-refractivity contribution is -0.163. The normalized spacial score (nSPS) is 35.2. The van der Waals surface area contributed by atoms with Crippen molar-refractivity contribution in [2.24, 2.45) is 0 Å². The second-order valence-electron chi connectivity index (χ2n) is 5.99. The lowest BCUT2D eigenvalue weighted by Crippen LogP contribution is -2.42. The van der Waals surface area contributed by atoms with Crippen molar-refractivity contribution in [3.05, 3.63) is 35.9 Å². The van der Waals surface area contributed by atoms with Crippen LogP contribution >= 0.6 is 0 Å². The minimum absolute atomic E-state index is 0.210. The third kappa shape index (κ3) is 3.44. The summed E-state index contributed by atoms with van der Waals surface area (Å²) in [6.07, 6.45) is -1.54. The van der Waals surface area contributed by atoms with Gasteiger partial charge < -0.3 is 24.1 Å². The largest absolute Gasteiger partial charge is 0.388 e. The maximum Gasteiger partial charge on any atom is 0.163 e. The quantitative estimate of drug-likeness (QED) is 0.911. The number of hydrogen-bond donors (Lipinski definition) is 1. The minimum Gasteiger partial charge on any atom is -0.388 e. The van der Waals surface area contributed by atoms with Gasteiger partial charge in [-0.05, 0) is 19.4 Å². The summed E-state index contributed by atoms with van der Waals surface area (Å²) in [6.45, 7) is 4.91. The van der Waals surface area contributed by atoms with E-state index in [1.165, 1.54) is 0 Å². The van der Waals surface area contributed by atoms with Crippen LogP contribution in [0.2, 0.25) is 0 Å². The van der Waals surface area contributed by atoms with Crippen LogP contribution < -0.4 is 0 Å². The van der Waals surface area contributed by atoms with Gasteiger partial charge >= 0.3 is 0 Å². The molecule has 0 saturated carbocycles. The van der Waals surface area contributed by atoms with E-state index in [-0.39, 0.29) is 18.8 Å². The molecule has 0 aliphatic carbocycles. The van der Waals surface area contributed by atoms with Crippen molar-refractivity contribution in [1.29, 1.82) is 0 Å². The standard InChI is InChI=1S/C16H22O5/c1-16(2)20-10-13(21-16)15-14(12(17)9-19-15)18-8-11-6-4-3-5-7-11/h3-7,12-15,17H,8-10H2,1-2H3/t12-,13-,14-,15-/m1/s1. The molecule has 2 heterocycles. The van der Waals surface area contributed by atoms with E-state index in [0.717, 1.165) is 5.56 Å². The summed E-state index contributed by atoms with van der Waals surface area (Å²) in [7, 11) is 0. The molecule has 0 bridgehead atoms. The van der Waals surface area contributed by atoms with Crippen LogP contribution in [0.5, 0.6) is 0 Å². The van der Waals surface area contributed by atoms with Gasteiger partial charge in [-0.3, -0.25) is 0 Å². The van der Waals surface area contributed by atoms with Gasteiger partial charge in [0, 0.05) is 0 Å². The average Bonchev–Trinajstić information content (AvgIpc) is 3.00. The fraction of sp³-hybridized carbons (Fsp3) is 0.625. The summed E-state index contributed by atoms with van der Waals surface area (Å²) >= 11 is 0. The van der Waals surface area contributed by atoms with Gasteiger partial charge in [-0.1, -0.05) is 30.3 Å². The second-order valence-corrected chi connectivity index (χ2v) is 5.99. The van der Waals surface area contributed by atoms with Crippen LogP contribution in [0.3, 0.4) is 0 Å². The lowest BCUT2D eigenvalue weighted by Gasteiger charge is -2.26. The van der Waals surface area contributed by atoms with E-state index in [2.05, 4.69) is 0 Å². The predicted molar refractivity (Wildman–Crippen MR) is 75.7 cm³/mol. The monoisotopic (exact) mass is 294 g/mol. The van der Waals surface area contributed by atoms with Gasteiger partial charge in [-0.15, -0.1) is 0 Å². The highest BCUT2D eigenvalue weighted by Crippen LogP contribution is 2.31. The van der Waals surface area contributed by atoms with Crippen LogP contribution in [0.1, 0.15) is 19.4 Å². The summed E-state index contributed by atoms with van der Waals surface area (Å²) < 4.78 is 22.9. The van der Waals surface area contributed by atoms with Gasteiger partial charge in [0.1, 0.15) is 24.4 Å². The molecule has 0 unspecified atom stereocenters. The Hall–Kier alpha value is -0.980. The van der Waals surface area contributed by atoms with Crippen molar-refractivity contribution in [1.82, 2.24) is 0 Å². The SMILES string of the molecule is CC1(C)OC[C@H]([C@H]2OC[C@@H](O)[C@H]2OCc2ccccc2)O1. The average molecular weight is 294 g/mol. The molecule has 0 aromatic heterocycles. The molecular weight excluding hydrogens is 272 g/mol. The van der Waals surface area contributed by atoms with Crippen molar-refractivity contribution in [3.63, 3.8) is 0 Å². The number of rotatable bonds is 4. The van der Waals surface area contributed by atoms with Crippen LogP contribution in [0.15, 0.2) is 30.3 Å². The first-order valence-electron chi connectivity index (χ1n) is 7.32. The third-order valence-electron chi connectivity index (χ3n) is 3.84. The molecule has 1 aromatic carbocycles. The molecule has 5 nitrogen and oxygen atoms in total. The molecule has 2 fully saturated rings. The molecule has 2 saturated heterocycles. The minimum atomic E-state index is -0.633. The van der Waals surface area contributed by atoms with Gasteiger partial charge in [0.2, 0.25) is 0 Å². The number of aliphatic hydroxyl groups excluding tert-OH is 1. The van der Waals surface area contributed by atoms with Crippen molar-refractivity contribution < 1.29 is 24.1 Å². The highest BCUT2D eigenvalue weighted by molar-refractivity contribution is 5.13. The molecule has 2 aliphatic heterocycles. The summed E-state index contributed by atoms with van der Waals surface area (Å²) in [5.74, 6) is -0.606. The highest BCUT2D eigenvalue weighted by Gasteiger charge is 2.47. The molecule has 5 heteroatoms. The molecular formula is C16H22O5. The van der Waals surface area contributed by atoms with Gasteiger partial charge in [0.25, 0.3) is 0 Å². The Kier molecular flexibility index (Phi) is 4.28. The van der Waals surface area contributed by atoms with Crippen LogP contribution in [0.25, 0.3) is 0 Å². The van der Waals surface area contributed by atoms with E-state index in [9.17, 15) is 5.11 Å². The first-order valence-corrected chi connectivity index (χ1v) is 7.32. The molecule has 2 aliphatic rings. The van der Waals surface area contributed by atoms with Gasteiger partial charge in [0.15, 0.2) is 5.79 Å². The zero-order valence-corrected chi connectivity index (χ0v) is 12.4. The Labute approximate surface area is 124 Å². The summed E-state index contributed by atoms with van der Waals surface area (Å²) in [6, 6.07) is 9.89. The number of aliphatic hydroxyl groups is 1. The summed E-state index contributed by atoms with van der Waals surface area (Å²) in [5.41, 5.74) is 1.07. The third-order valence-corrected chi connectivity index (χ3v) is 3.84. The number of ether oxygens (including phenoxy) is 4. The van der Waals surface area contributed by atoms with Crippen LogP contribution in [0, 0.1) is 0 Å². The Balaban J connectivity index is 1.62. The van der Waals surface area contributed by atoms with Crippen molar-refractivity contribution in [2.75, 3.05) is 13.2 Å². The predicted octanol–water partition coefficient (Wildman–Crippen LogP) is 1.48. The first-order chi connectivity index (χ1) is 10.1. The van der Waals surface area contributed by atoms with E-state index in [4.69, 9.17) is 18.9 Å². The number of benzene rings is 1. The van der Waals surface area contributed by atoms with Crippen LogP contribution in [-0.4, -0.2) is 48.5 Å². The van der Waals surface area contributed by atoms with Crippen molar-refractivity contribution >= 4 is 0 Å². The van der Waals surface area contributed by atoms with Crippen molar-refractivity contribution in [2.45, 2.75) is 50.7 Å². The fourth-order valence-corrected chi connectivity index (χ4v) is 2.79. The maximum atomic E-state index is 10.1. The molecule has 3 rings (SSSR count). The topological polar surface area (TPSA) is 57.2 Å². The molecule has 1 aromatic rings. The molecule has 0 spiro atoms. The molecule has 0 radical (unpaired) electrons. The Morgan fingerprint density at radius 2 is 2.00 bits per heavy atom. The molecule has 21 heavy (non-hydrogen) atoms. The van der Waals surface area contributed by atoms with Crippen LogP contribution in [0.4, 0.5) is 0 Å². The molecule has 4 atom stereocenters. The lowest BCUT2D eigenvalue weighted by atomic mass is 10.1. The number of hydrogen-bond acceptors (Lipinski definition) is 5. The maximum absolute atomic E-state index is 10.1.